The molecule has 0 aliphatic rings. The largest absolute Gasteiger partial charge is 0.456 e. The number of halogens is 1. The van der Waals surface area contributed by atoms with Gasteiger partial charge in [-0.25, -0.2) is 4.79 Å². The SMILES string of the molecule is CC(C)(C)OC(=O)c1ccc(NCc2ccc(Cl)cc2)cc1. The predicted molar refractivity (Wildman–Crippen MR) is 90.4 cm³/mol. The average molecular weight is 318 g/mol. The van der Waals surface area contributed by atoms with Crippen LogP contribution in [-0.4, -0.2) is 11.6 Å². The molecule has 0 aromatic heterocycles. The lowest BCUT2D eigenvalue weighted by atomic mass is 10.1. The lowest BCUT2D eigenvalue weighted by molar-refractivity contribution is 0.00696. The molecule has 3 nitrogen and oxygen atoms in total. The molecule has 0 saturated heterocycles. The normalized spacial score (nSPS) is 11.1. The number of benzene rings is 2. The van der Waals surface area contributed by atoms with Crippen molar-refractivity contribution in [3.63, 3.8) is 0 Å². The number of ether oxygens (including phenoxy) is 1. The van der Waals surface area contributed by atoms with Crippen molar-refractivity contribution in [1.82, 2.24) is 0 Å². The summed E-state index contributed by atoms with van der Waals surface area (Å²) in [4.78, 5) is 11.9. The zero-order valence-corrected chi connectivity index (χ0v) is 13.8. The molecule has 2 aromatic carbocycles. The van der Waals surface area contributed by atoms with Gasteiger partial charge in [0.1, 0.15) is 5.60 Å². The van der Waals surface area contributed by atoms with Crippen LogP contribution >= 0.6 is 11.6 Å². The van der Waals surface area contributed by atoms with E-state index in [4.69, 9.17) is 16.3 Å². The highest BCUT2D eigenvalue weighted by Gasteiger charge is 2.17. The summed E-state index contributed by atoms with van der Waals surface area (Å²) >= 11 is 5.86. The van der Waals surface area contributed by atoms with Gasteiger partial charge in [0.05, 0.1) is 5.56 Å². The average Bonchev–Trinajstić information content (AvgIpc) is 2.45. The first kappa shape index (κ1) is 16.4. The Morgan fingerprint density at radius 1 is 1.05 bits per heavy atom. The number of hydrogen-bond donors (Lipinski definition) is 1. The lowest BCUT2D eigenvalue weighted by Gasteiger charge is -2.19. The maximum atomic E-state index is 11.9. The Labute approximate surface area is 136 Å². The Morgan fingerprint density at radius 3 is 2.18 bits per heavy atom. The molecule has 0 heterocycles. The van der Waals surface area contributed by atoms with Crippen molar-refractivity contribution < 1.29 is 9.53 Å². The Morgan fingerprint density at radius 2 is 1.64 bits per heavy atom. The van der Waals surface area contributed by atoms with E-state index in [2.05, 4.69) is 5.32 Å². The van der Waals surface area contributed by atoms with Gasteiger partial charge in [-0.05, 0) is 62.7 Å². The second-order valence-corrected chi connectivity index (χ2v) is 6.50. The Bertz CT molecular complexity index is 628. The molecule has 0 fully saturated rings. The van der Waals surface area contributed by atoms with E-state index in [0.717, 1.165) is 16.3 Å². The van der Waals surface area contributed by atoms with Crippen LogP contribution in [0.25, 0.3) is 0 Å². The zero-order valence-electron chi connectivity index (χ0n) is 13.0. The number of carbonyl (C=O) groups excluding carboxylic acids is 1. The van der Waals surface area contributed by atoms with Crippen LogP contribution in [0.4, 0.5) is 5.69 Å². The van der Waals surface area contributed by atoms with Crippen LogP contribution < -0.4 is 5.32 Å². The minimum absolute atomic E-state index is 0.309. The maximum absolute atomic E-state index is 11.9. The van der Waals surface area contributed by atoms with Crippen LogP contribution in [-0.2, 0) is 11.3 Å². The molecule has 2 rings (SSSR count). The molecule has 0 spiro atoms. The van der Waals surface area contributed by atoms with E-state index in [0.29, 0.717) is 12.1 Å². The minimum Gasteiger partial charge on any atom is -0.456 e. The van der Waals surface area contributed by atoms with E-state index in [9.17, 15) is 4.79 Å². The zero-order chi connectivity index (χ0) is 16.2. The third kappa shape index (κ3) is 5.08. The van der Waals surface area contributed by atoms with Gasteiger partial charge in [-0.2, -0.15) is 0 Å². The molecule has 0 radical (unpaired) electrons. The molecule has 2 aromatic rings. The van der Waals surface area contributed by atoms with Gasteiger partial charge in [-0.15, -0.1) is 0 Å². The van der Waals surface area contributed by atoms with Crippen molar-refractivity contribution in [2.24, 2.45) is 0 Å². The first-order chi connectivity index (χ1) is 10.3. The number of hydrogen-bond acceptors (Lipinski definition) is 3. The van der Waals surface area contributed by atoms with Crippen molar-refractivity contribution >= 4 is 23.3 Å². The fourth-order valence-corrected chi connectivity index (χ4v) is 1.99. The summed E-state index contributed by atoms with van der Waals surface area (Å²) in [6.45, 7) is 6.26. The van der Waals surface area contributed by atoms with E-state index < -0.39 is 5.60 Å². The summed E-state index contributed by atoms with van der Waals surface area (Å²) < 4.78 is 5.33. The minimum atomic E-state index is -0.484. The third-order valence-electron chi connectivity index (χ3n) is 2.93. The molecule has 116 valence electrons. The molecular formula is C18H20ClNO2. The standard InChI is InChI=1S/C18H20ClNO2/c1-18(2,3)22-17(21)14-6-10-16(11-7-14)20-12-13-4-8-15(19)9-5-13/h4-11,20H,12H2,1-3H3. The van der Waals surface area contributed by atoms with E-state index in [-0.39, 0.29) is 5.97 Å². The van der Waals surface area contributed by atoms with Gasteiger partial charge in [0, 0.05) is 17.3 Å². The summed E-state index contributed by atoms with van der Waals surface area (Å²) in [5, 5.41) is 4.03. The highest BCUT2D eigenvalue weighted by Crippen LogP contribution is 2.16. The van der Waals surface area contributed by atoms with Gasteiger partial charge >= 0.3 is 5.97 Å². The fourth-order valence-electron chi connectivity index (χ4n) is 1.87. The highest BCUT2D eigenvalue weighted by atomic mass is 35.5. The van der Waals surface area contributed by atoms with Gasteiger partial charge in [0.25, 0.3) is 0 Å². The molecule has 0 aliphatic carbocycles. The molecule has 1 N–H and O–H groups in total. The monoisotopic (exact) mass is 317 g/mol. The molecule has 4 heteroatoms. The van der Waals surface area contributed by atoms with Crippen LogP contribution in [0, 0.1) is 0 Å². The number of anilines is 1. The van der Waals surface area contributed by atoms with Crippen LogP contribution in [0.1, 0.15) is 36.7 Å². The third-order valence-corrected chi connectivity index (χ3v) is 3.18. The summed E-state index contributed by atoms with van der Waals surface area (Å²) in [6.07, 6.45) is 0. The molecule has 0 bridgehead atoms. The molecule has 0 atom stereocenters. The smallest absolute Gasteiger partial charge is 0.338 e. The van der Waals surface area contributed by atoms with E-state index in [1.165, 1.54) is 0 Å². The molecule has 0 unspecified atom stereocenters. The second kappa shape index (κ2) is 6.84. The van der Waals surface area contributed by atoms with Gasteiger partial charge < -0.3 is 10.1 Å². The first-order valence-electron chi connectivity index (χ1n) is 7.15. The molecule has 0 amide bonds. The summed E-state index contributed by atoms with van der Waals surface area (Å²) in [5.74, 6) is -0.309. The molecule has 0 saturated carbocycles. The van der Waals surface area contributed by atoms with Gasteiger partial charge in [-0.1, -0.05) is 23.7 Å². The van der Waals surface area contributed by atoms with Gasteiger partial charge in [-0.3, -0.25) is 0 Å². The summed E-state index contributed by atoms with van der Waals surface area (Å²) in [5.41, 5.74) is 2.15. The van der Waals surface area contributed by atoms with Gasteiger partial charge in [0.2, 0.25) is 0 Å². The van der Waals surface area contributed by atoms with Crippen molar-refractivity contribution in [1.29, 1.82) is 0 Å². The summed E-state index contributed by atoms with van der Waals surface area (Å²) in [6, 6.07) is 14.9. The lowest BCUT2D eigenvalue weighted by Crippen LogP contribution is -2.23. The van der Waals surface area contributed by atoms with E-state index >= 15 is 0 Å². The fraction of sp³-hybridized carbons (Fsp3) is 0.278. The summed E-state index contributed by atoms with van der Waals surface area (Å²) in [7, 11) is 0. The van der Waals surface area contributed by atoms with Crippen LogP contribution in [0.3, 0.4) is 0 Å². The molecule has 0 aliphatic heterocycles. The van der Waals surface area contributed by atoms with E-state index in [1.807, 2.05) is 57.2 Å². The van der Waals surface area contributed by atoms with Crippen molar-refractivity contribution in [3.05, 3.63) is 64.7 Å². The second-order valence-electron chi connectivity index (χ2n) is 6.06. The molecular weight excluding hydrogens is 298 g/mol. The van der Waals surface area contributed by atoms with Crippen molar-refractivity contribution in [3.8, 4) is 0 Å². The topological polar surface area (TPSA) is 38.3 Å². The van der Waals surface area contributed by atoms with Crippen molar-refractivity contribution in [2.45, 2.75) is 32.9 Å². The predicted octanol–water partition coefficient (Wildman–Crippen LogP) is 4.91. The number of carbonyl (C=O) groups is 1. The van der Waals surface area contributed by atoms with E-state index in [1.54, 1.807) is 12.1 Å². The quantitative estimate of drug-likeness (QED) is 0.814. The first-order valence-corrected chi connectivity index (χ1v) is 7.53. The van der Waals surface area contributed by atoms with Crippen LogP contribution in [0.5, 0.6) is 0 Å². The number of nitrogens with one attached hydrogen (secondary N) is 1. The highest BCUT2D eigenvalue weighted by molar-refractivity contribution is 6.30. The van der Waals surface area contributed by atoms with Crippen molar-refractivity contribution in [2.75, 3.05) is 5.32 Å². The Hall–Kier alpha value is -2.00. The van der Waals surface area contributed by atoms with Crippen LogP contribution in [0.2, 0.25) is 5.02 Å². The van der Waals surface area contributed by atoms with Gasteiger partial charge in [0.15, 0.2) is 0 Å². The maximum Gasteiger partial charge on any atom is 0.338 e. The Balaban J connectivity index is 1.94. The van der Waals surface area contributed by atoms with Crippen LogP contribution in [0.15, 0.2) is 48.5 Å². The Kier molecular flexibility index (Phi) is 5.09. The number of esters is 1. The number of rotatable bonds is 4. The molecule has 22 heavy (non-hydrogen) atoms.